The molecular formula is C23H22N4O3. The smallest absolute Gasteiger partial charge is 0.325 e. The molecule has 1 N–H and O–H groups in total. The van der Waals surface area contributed by atoms with Crippen molar-refractivity contribution in [1.29, 1.82) is 5.26 Å². The minimum absolute atomic E-state index is 0.140. The van der Waals surface area contributed by atoms with Gasteiger partial charge in [0.05, 0.1) is 24.7 Å². The molecule has 2 aromatic rings. The van der Waals surface area contributed by atoms with Gasteiger partial charge in [-0.25, -0.2) is 4.79 Å². The molecule has 0 unspecified atom stereocenters. The second-order valence-electron chi connectivity index (χ2n) is 7.91. The van der Waals surface area contributed by atoms with Crippen molar-refractivity contribution in [2.75, 3.05) is 13.1 Å². The van der Waals surface area contributed by atoms with E-state index < -0.39 is 11.6 Å². The number of benzene rings is 2. The van der Waals surface area contributed by atoms with E-state index in [9.17, 15) is 14.4 Å². The quantitative estimate of drug-likeness (QED) is 0.799. The van der Waals surface area contributed by atoms with Gasteiger partial charge in [0.25, 0.3) is 11.8 Å². The number of likely N-dealkylation sites (tertiary alicyclic amines) is 1. The third-order valence-electron chi connectivity index (χ3n) is 5.75. The molecule has 2 saturated heterocycles. The van der Waals surface area contributed by atoms with Crippen LogP contribution in [0.25, 0.3) is 0 Å². The first-order valence-electron chi connectivity index (χ1n) is 9.91. The first kappa shape index (κ1) is 19.6. The standard InChI is InChI=1S/C23H22N4O3/c1-16-3-5-18(6-4-16)14-27-21(29)23(25-22(27)30)11-2-12-26(15-23)20(28)19-9-7-17(13-24)8-10-19/h3-10H,2,11-12,14-15H2,1H3,(H,25,30)/t23-/m0/s1. The summed E-state index contributed by atoms with van der Waals surface area (Å²) in [6.45, 7) is 2.84. The van der Waals surface area contributed by atoms with Crippen LogP contribution >= 0.6 is 0 Å². The number of rotatable bonds is 3. The summed E-state index contributed by atoms with van der Waals surface area (Å²) in [5, 5.41) is 11.8. The van der Waals surface area contributed by atoms with Gasteiger partial charge < -0.3 is 10.2 Å². The van der Waals surface area contributed by atoms with Gasteiger partial charge in [-0.05, 0) is 49.6 Å². The van der Waals surface area contributed by atoms with Gasteiger partial charge in [-0.15, -0.1) is 0 Å². The first-order chi connectivity index (χ1) is 14.4. The van der Waals surface area contributed by atoms with E-state index in [-0.39, 0.29) is 24.9 Å². The van der Waals surface area contributed by atoms with Gasteiger partial charge in [0.15, 0.2) is 0 Å². The van der Waals surface area contributed by atoms with Crippen molar-refractivity contribution >= 4 is 17.8 Å². The molecule has 0 bridgehead atoms. The van der Waals surface area contributed by atoms with Gasteiger partial charge in [-0.2, -0.15) is 5.26 Å². The summed E-state index contributed by atoms with van der Waals surface area (Å²) < 4.78 is 0. The third-order valence-corrected chi connectivity index (χ3v) is 5.75. The molecular weight excluding hydrogens is 380 g/mol. The molecule has 4 rings (SSSR count). The highest BCUT2D eigenvalue weighted by Crippen LogP contribution is 2.30. The lowest BCUT2D eigenvalue weighted by molar-refractivity contribution is -0.133. The number of hydrogen-bond acceptors (Lipinski definition) is 4. The fourth-order valence-corrected chi connectivity index (χ4v) is 4.07. The lowest BCUT2D eigenvalue weighted by atomic mass is 9.88. The van der Waals surface area contributed by atoms with E-state index in [2.05, 4.69) is 5.32 Å². The zero-order valence-corrected chi connectivity index (χ0v) is 16.7. The molecule has 4 amide bonds. The van der Waals surface area contributed by atoms with Gasteiger partial charge in [0.1, 0.15) is 5.54 Å². The molecule has 1 spiro atoms. The minimum Gasteiger partial charge on any atom is -0.336 e. The topological polar surface area (TPSA) is 93.5 Å². The van der Waals surface area contributed by atoms with Crippen LogP contribution in [-0.2, 0) is 11.3 Å². The lowest BCUT2D eigenvalue weighted by Gasteiger charge is -2.38. The zero-order chi connectivity index (χ0) is 21.3. The Morgan fingerprint density at radius 2 is 1.83 bits per heavy atom. The van der Waals surface area contributed by atoms with E-state index in [4.69, 9.17) is 5.26 Å². The molecule has 2 fully saturated rings. The number of nitriles is 1. The first-order valence-corrected chi connectivity index (χ1v) is 9.91. The largest absolute Gasteiger partial charge is 0.336 e. The Labute approximate surface area is 174 Å². The molecule has 0 aliphatic carbocycles. The van der Waals surface area contributed by atoms with Crippen LogP contribution in [0.4, 0.5) is 4.79 Å². The minimum atomic E-state index is -1.08. The number of urea groups is 1. The highest BCUT2D eigenvalue weighted by atomic mass is 16.2. The molecule has 2 aliphatic heterocycles. The Balaban J connectivity index is 1.51. The van der Waals surface area contributed by atoms with E-state index in [0.717, 1.165) is 11.1 Å². The Morgan fingerprint density at radius 3 is 2.50 bits per heavy atom. The number of hydrogen-bond donors (Lipinski definition) is 1. The number of amides is 4. The van der Waals surface area contributed by atoms with E-state index >= 15 is 0 Å². The Bertz CT molecular complexity index is 1040. The number of carbonyl (C=O) groups is 3. The summed E-state index contributed by atoms with van der Waals surface area (Å²) in [6, 6.07) is 15.7. The van der Waals surface area contributed by atoms with Crippen LogP contribution in [0, 0.1) is 18.3 Å². The molecule has 0 aromatic heterocycles. The fraction of sp³-hybridized carbons (Fsp3) is 0.304. The summed E-state index contributed by atoms with van der Waals surface area (Å²) in [6.07, 6.45) is 1.12. The molecule has 0 saturated carbocycles. The SMILES string of the molecule is Cc1ccc(CN2C(=O)N[C@]3(CCCN(C(=O)c4ccc(C#N)cc4)C3)C2=O)cc1. The van der Waals surface area contributed by atoms with Crippen molar-refractivity contribution in [3.05, 3.63) is 70.8 Å². The maximum atomic E-state index is 13.2. The van der Waals surface area contributed by atoms with Crippen molar-refractivity contribution in [2.45, 2.75) is 31.8 Å². The summed E-state index contributed by atoms with van der Waals surface area (Å²) in [5.41, 5.74) is 1.84. The Hall–Kier alpha value is -3.66. The van der Waals surface area contributed by atoms with Gasteiger partial charge in [-0.3, -0.25) is 14.5 Å². The Morgan fingerprint density at radius 1 is 1.13 bits per heavy atom. The fourth-order valence-electron chi connectivity index (χ4n) is 4.07. The highest BCUT2D eigenvalue weighted by Gasteiger charge is 2.53. The summed E-state index contributed by atoms with van der Waals surface area (Å²) in [7, 11) is 0. The Kier molecular flexibility index (Phi) is 5.00. The van der Waals surface area contributed by atoms with Crippen LogP contribution in [0.3, 0.4) is 0 Å². The molecule has 7 heteroatoms. The van der Waals surface area contributed by atoms with Gasteiger partial charge in [0.2, 0.25) is 0 Å². The van der Waals surface area contributed by atoms with Gasteiger partial charge in [0, 0.05) is 12.1 Å². The van der Waals surface area contributed by atoms with E-state index in [0.29, 0.717) is 30.5 Å². The number of piperidine rings is 1. The summed E-state index contributed by atoms with van der Waals surface area (Å²) in [4.78, 5) is 41.6. The summed E-state index contributed by atoms with van der Waals surface area (Å²) in [5.74, 6) is -0.497. The predicted octanol–water partition coefficient (Wildman–Crippen LogP) is 2.59. The van der Waals surface area contributed by atoms with Crippen molar-refractivity contribution < 1.29 is 14.4 Å². The average molecular weight is 402 g/mol. The number of nitrogens with one attached hydrogen (secondary N) is 1. The second-order valence-corrected chi connectivity index (χ2v) is 7.91. The number of imide groups is 1. The van der Waals surface area contributed by atoms with Gasteiger partial charge >= 0.3 is 6.03 Å². The normalized spacial score (nSPS) is 20.9. The average Bonchev–Trinajstić information content (AvgIpc) is 2.98. The van der Waals surface area contributed by atoms with Crippen LogP contribution < -0.4 is 5.32 Å². The molecule has 7 nitrogen and oxygen atoms in total. The van der Waals surface area contributed by atoms with Crippen LogP contribution in [0.15, 0.2) is 48.5 Å². The number of aryl methyl sites for hydroxylation is 1. The van der Waals surface area contributed by atoms with E-state index in [1.54, 1.807) is 29.2 Å². The predicted molar refractivity (Wildman–Crippen MR) is 109 cm³/mol. The van der Waals surface area contributed by atoms with Gasteiger partial charge in [-0.1, -0.05) is 29.8 Å². The lowest BCUT2D eigenvalue weighted by Crippen LogP contribution is -2.59. The second kappa shape index (κ2) is 7.64. The van der Waals surface area contributed by atoms with Crippen molar-refractivity contribution in [2.24, 2.45) is 0 Å². The van der Waals surface area contributed by atoms with E-state index in [1.807, 2.05) is 37.3 Å². The molecule has 0 radical (unpaired) electrons. The molecule has 2 aromatic carbocycles. The van der Waals surface area contributed by atoms with Crippen LogP contribution in [0.1, 0.15) is 39.9 Å². The van der Waals surface area contributed by atoms with Crippen molar-refractivity contribution in [3.8, 4) is 6.07 Å². The molecule has 2 heterocycles. The van der Waals surface area contributed by atoms with Crippen LogP contribution in [-0.4, -0.2) is 46.3 Å². The number of carbonyl (C=O) groups excluding carboxylic acids is 3. The molecule has 30 heavy (non-hydrogen) atoms. The number of nitrogens with zero attached hydrogens (tertiary/aromatic N) is 3. The van der Waals surface area contributed by atoms with Crippen LogP contribution in [0.5, 0.6) is 0 Å². The third kappa shape index (κ3) is 3.52. The van der Waals surface area contributed by atoms with Crippen LogP contribution in [0.2, 0.25) is 0 Å². The molecule has 2 aliphatic rings. The van der Waals surface area contributed by atoms with Crippen molar-refractivity contribution in [1.82, 2.24) is 15.1 Å². The summed E-state index contributed by atoms with van der Waals surface area (Å²) >= 11 is 0. The van der Waals surface area contributed by atoms with Crippen molar-refractivity contribution in [3.63, 3.8) is 0 Å². The zero-order valence-electron chi connectivity index (χ0n) is 16.7. The maximum absolute atomic E-state index is 13.2. The van der Waals surface area contributed by atoms with E-state index in [1.165, 1.54) is 4.90 Å². The molecule has 152 valence electrons. The maximum Gasteiger partial charge on any atom is 0.325 e. The highest BCUT2D eigenvalue weighted by molar-refractivity contribution is 6.07. The molecule has 1 atom stereocenters. The monoisotopic (exact) mass is 402 g/mol.